The van der Waals surface area contributed by atoms with Crippen LogP contribution in [0.4, 0.5) is 0 Å². The molecule has 23 heavy (non-hydrogen) atoms. The summed E-state index contributed by atoms with van der Waals surface area (Å²) in [5.74, 6) is -0.342. The van der Waals surface area contributed by atoms with Crippen LogP contribution in [0.3, 0.4) is 0 Å². The molecular weight excluding hydrogens is 431 g/mol. The Kier molecular flexibility index (Phi) is 26.2. The Morgan fingerprint density at radius 2 is 1.30 bits per heavy atom. The molecule has 0 N–H and O–H groups in total. The maximum atomic E-state index is 10.9. The van der Waals surface area contributed by atoms with E-state index in [0.29, 0.717) is 6.61 Å². The monoisotopic (exact) mass is 470 g/mol. The fraction of sp³-hybridized carbons (Fsp3) is 0.944. The average molecular weight is 469 g/mol. The third-order valence-electron chi connectivity index (χ3n) is 3.37. The van der Waals surface area contributed by atoms with Gasteiger partial charge < -0.3 is 4.74 Å². The number of ether oxygens (including phenoxy) is 1. The predicted octanol–water partition coefficient (Wildman–Crippen LogP) is 6.20. The van der Waals surface area contributed by atoms with Crippen LogP contribution in [0.1, 0.15) is 85.0 Å². The summed E-state index contributed by atoms with van der Waals surface area (Å²) in [7, 11) is 0. The van der Waals surface area contributed by atoms with Gasteiger partial charge in [0.15, 0.2) is 0 Å². The number of carbonyl (C=O) groups is 1. The predicted molar refractivity (Wildman–Crippen MR) is 111 cm³/mol. The molecule has 0 amide bonds. The van der Waals surface area contributed by atoms with Crippen molar-refractivity contribution < 1.29 is 9.53 Å². The summed E-state index contributed by atoms with van der Waals surface area (Å²) in [4.78, 5) is 10.9. The summed E-state index contributed by atoms with van der Waals surface area (Å²) >= 11 is 7.86. The molecule has 0 aliphatic heterocycles. The van der Waals surface area contributed by atoms with E-state index in [0.717, 1.165) is 12.8 Å². The standard InChI is InChI=1S/C10H20O2S2.2C4H9.Sn/c1-2-3-4-5-6-7-8-12-9(11)10(13)14;2*1-3-4-2;/h10,13-14H,2-8H2,1H3;2*1,3-4H2,2H3;. The van der Waals surface area contributed by atoms with Crippen molar-refractivity contribution >= 4 is 52.4 Å². The summed E-state index contributed by atoms with van der Waals surface area (Å²) in [5, 5.41) is 0. The number of carbonyl (C=O) groups excluding carboxylic acids is 1. The zero-order valence-corrected chi connectivity index (χ0v) is 20.1. The zero-order valence-electron chi connectivity index (χ0n) is 15.5. The molecule has 0 unspecified atom stereocenters. The molecule has 0 saturated heterocycles. The van der Waals surface area contributed by atoms with Gasteiger partial charge in [-0.15, -0.1) is 0 Å². The van der Waals surface area contributed by atoms with E-state index in [1.165, 1.54) is 51.4 Å². The first kappa shape index (κ1) is 26.2. The summed E-state index contributed by atoms with van der Waals surface area (Å²) in [6.07, 6.45) is 13.0. The SMILES string of the molecule is CCCCCCCCOC(=O)C(S)S.CCC[CH2][Sn][CH2]CCC. The molecule has 0 bridgehead atoms. The number of rotatable bonds is 14. The number of hydrogen-bond donors (Lipinski definition) is 2. The van der Waals surface area contributed by atoms with Crippen molar-refractivity contribution in [2.45, 2.75) is 98.4 Å². The molecular formula is C18H38O2S2Sn. The molecule has 0 aliphatic rings. The van der Waals surface area contributed by atoms with Gasteiger partial charge in [-0.2, -0.15) is 25.3 Å². The second-order valence-electron chi connectivity index (χ2n) is 5.77. The van der Waals surface area contributed by atoms with Crippen LogP contribution < -0.4 is 0 Å². The van der Waals surface area contributed by atoms with Gasteiger partial charge in [-0.05, 0) is 6.42 Å². The van der Waals surface area contributed by atoms with Crippen molar-refractivity contribution in [3.63, 3.8) is 0 Å². The second-order valence-corrected chi connectivity index (χ2v) is 11.5. The Balaban J connectivity index is 0. The molecule has 0 aromatic heterocycles. The number of unbranched alkanes of at least 4 members (excludes halogenated alkanes) is 7. The van der Waals surface area contributed by atoms with Gasteiger partial charge in [0.2, 0.25) is 0 Å². The minimum atomic E-state index is -0.602. The van der Waals surface area contributed by atoms with Gasteiger partial charge in [0, 0.05) is 0 Å². The molecule has 0 saturated carbocycles. The van der Waals surface area contributed by atoms with E-state index in [4.69, 9.17) is 4.74 Å². The van der Waals surface area contributed by atoms with Crippen LogP contribution in [0, 0.1) is 0 Å². The van der Waals surface area contributed by atoms with Crippen LogP contribution in [0.15, 0.2) is 0 Å². The van der Waals surface area contributed by atoms with Crippen LogP contribution in [0.2, 0.25) is 8.87 Å². The van der Waals surface area contributed by atoms with Gasteiger partial charge in [0.25, 0.3) is 0 Å². The van der Waals surface area contributed by atoms with E-state index < -0.39 is 4.58 Å². The molecule has 2 nitrogen and oxygen atoms in total. The molecule has 0 atom stereocenters. The number of hydrogen-bond acceptors (Lipinski definition) is 4. The van der Waals surface area contributed by atoms with E-state index >= 15 is 0 Å². The molecule has 2 radical (unpaired) electrons. The molecule has 138 valence electrons. The van der Waals surface area contributed by atoms with Gasteiger partial charge in [-0.25, -0.2) is 4.79 Å². The van der Waals surface area contributed by atoms with Crippen molar-refractivity contribution in [3.8, 4) is 0 Å². The normalized spacial score (nSPS) is 10.3. The molecule has 0 aromatic rings. The minimum absolute atomic E-state index is 0.149. The first-order valence-electron chi connectivity index (χ1n) is 9.33. The zero-order chi connectivity index (χ0) is 17.8. The van der Waals surface area contributed by atoms with Gasteiger partial charge in [0.05, 0.1) is 6.61 Å². The Bertz CT molecular complexity index is 233. The molecule has 0 heterocycles. The molecule has 0 spiro atoms. The average Bonchev–Trinajstić information content (AvgIpc) is 2.54. The maximum absolute atomic E-state index is 10.9. The number of esters is 1. The summed E-state index contributed by atoms with van der Waals surface area (Å²) in [5.41, 5.74) is 0. The quantitative estimate of drug-likeness (QED) is 0.104. The van der Waals surface area contributed by atoms with E-state index in [-0.39, 0.29) is 27.1 Å². The van der Waals surface area contributed by atoms with Crippen molar-refractivity contribution in [2.24, 2.45) is 0 Å². The molecule has 0 aromatic carbocycles. The van der Waals surface area contributed by atoms with Gasteiger partial charge in [0.1, 0.15) is 4.58 Å². The molecule has 0 fully saturated rings. The number of thiol groups is 2. The van der Waals surface area contributed by atoms with Gasteiger partial charge >= 0.3 is 75.5 Å². The van der Waals surface area contributed by atoms with Crippen LogP contribution in [-0.2, 0) is 9.53 Å². The first-order chi connectivity index (χ1) is 11.1. The fourth-order valence-electron chi connectivity index (χ4n) is 1.86. The van der Waals surface area contributed by atoms with Gasteiger partial charge in [-0.3, -0.25) is 0 Å². The third-order valence-corrected chi connectivity index (χ3v) is 7.83. The Hall–Kier alpha value is 0.969. The summed E-state index contributed by atoms with van der Waals surface area (Å²) in [6.45, 7) is 7.28. The summed E-state index contributed by atoms with van der Waals surface area (Å²) < 4.78 is 7.57. The van der Waals surface area contributed by atoms with Gasteiger partial charge in [-0.1, -0.05) is 39.0 Å². The van der Waals surface area contributed by atoms with Crippen LogP contribution in [0.25, 0.3) is 0 Å². The van der Waals surface area contributed by atoms with E-state index in [1.54, 1.807) is 8.87 Å². The first-order valence-corrected chi connectivity index (χ1v) is 14.4. The molecule has 0 aliphatic carbocycles. The molecule has 5 heteroatoms. The topological polar surface area (TPSA) is 26.3 Å². The second kappa shape index (κ2) is 23.0. The summed E-state index contributed by atoms with van der Waals surface area (Å²) in [6, 6.07) is 0. The Morgan fingerprint density at radius 1 is 0.826 bits per heavy atom. The van der Waals surface area contributed by atoms with Crippen LogP contribution >= 0.6 is 25.3 Å². The van der Waals surface area contributed by atoms with Crippen molar-refractivity contribution in [2.75, 3.05) is 6.61 Å². The van der Waals surface area contributed by atoms with Crippen molar-refractivity contribution in [3.05, 3.63) is 0 Å². The van der Waals surface area contributed by atoms with Crippen LogP contribution in [-0.4, -0.2) is 38.3 Å². The third kappa shape index (κ3) is 25.3. The fourth-order valence-corrected chi connectivity index (χ4v) is 6.17. The molecule has 0 rings (SSSR count). The van der Waals surface area contributed by atoms with E-state index in [9.17, 15) is 4.79 Å². The Morgan fingerprint density at radius 3 is 1.78 bits per heavy atom. The van der Waals surface area contributed by atoms with E-state index in [2.05, 4.69) is 46.0 Å². The van der Waals surface area contributed by atoms with E-state index in [1.807, 2.05) is 0 Å². The Labute approximate surface area is 166 Å². The van der Waals surface area contributed by atoms with Crippen molar-refractivity contribution in [1.82, 2.24) is 0 Å². The van der Waals surface area contributed by atoms with Crippen LogP contribution in [0.5, 0.6) is 0 Å². The van der Waals surface area contributed by atoms with Crippen molar-refractivity contribution in [1.29, 1.82) is 0 Å².